The number of ether oxygens (including phenoxy) is 1. The number of alkyl halides is 3. The minimum absolute atomic E-state index is 0.562. The molecule has 1 N–H and O–H groups in total. The van der Waals surface area contributed by atoms with E-state index >= 15 is 0 Å². The van der Waals surface area contributed by atoms with Gasteiger partial charge in [0.05, 0.1) is 5.69 Å². The Bertz CT molecular complexity index is 663. The molecule has 0 saturated carbocycles. The van der Waals surface area contributed by atoms with Gasteiger partial charge in [-0.2, -0.15) is 5.10 Å². The van der Waals surface area contributed by atoms with Gasteiger partial charge in [-0.15, -0.1) is 13.2 Å². The number of aromatic hydroxyl groups is 1. The van der Waals surface area contributed by atoms with Crippen LogP contribution in [0.3, 0.4) is 0 Å². The van der Waals surface area contributed by atoms with Crippen molar-refractivity contribution < 1.29 is 23.0 Å². The molecule has 0 spiro atoms. The Morgan fingerprint density at radius 3 is 2.43 bits per heavy atom. The molecule has 21 heavy (non-hydrogen) atoms. The summed E-state index contributed by atoms with van der Waals surface area (Å²) < 4.78 is 42.1. The number of halogens is 3. The Labute approximate surface area is 119 Å². The number of hydrogen-bond donors (Lipinski definition) is 1. The number of phenolic OH excluding ortho intramolecular Hbond substituents is 1. The van der Waals surface area contributed by atoms with E-state index in [9.17, 15) is 18.3 Å². The second-order valence-electron chi connectivity index (χ2n) is 4.59. The van der Waals surface area contributed by atoms with Gasteiger partial charge in [-0.05, 0) is 38.5 Å². The Morgan fingerprint density at radius 1 is 1.29 bits per heavy atom. The maximum Gasteiger partial charge on any atom is 0.573 e. The molecule has 2 rings (SSSR count). The van der Waals surface area contributed by atoms with E-state index < -0.39 is 17.9 Å². The number of aryl methyl sites for hydroxylation is 2. The van der Waals surface area contributed by atoms with Gasteiger partial charge in [0.1, 0.15) is 0 Å². The molecule has 0 amide bonds. The fourth-order valence-electron chi connectivity index (χ4n) is 2.31. The predicted molar refractivity (Wildman–Crippen MR) is 71.2 cm³/mol. The highest BCUT2D eigenvalue weighted by atomic mass is 19.4. The van der Waals surface area contributed by atoms with E-state index in [4.69, 9.17) is 0 Å². The minimum atomic E-state index is -4.84. The van der Waals surface area contributed by atoms with Gasteiger partial charge in [0.2, 0.25) is 0 Å². The number of phenols is 1. The maximum absolute atomic E-state index is 12.2. The van der Waals surface area contributed by atoms with E-state index in [0.29, 0.717) is 12.1 Å². The number of aromatic nitrogens is 2. The molecule has 0 unspecified atom stereocenters. The Kier molecular flexibility index (Phi) is 3.85. The van der Waals surface area contributed by atoms with Crippen molar-refractivity contribution in [3.8, 4) is 22.6 Å². The lowest BCUT2D eigenvalue weighted by Crippen LogP contribution is -2.17. The second kappa shape index (κ2) is 5.31. The van der Waals surface area contributed by atoms with Crippen LogP contribution in [0.2, 0.25) is 0 Å². The fourth-order valence-corrected chi connectivity index (χ4v) is 2.31. The van der Waals surface area contributed by atoms with Crippen LogP contribution < -0.4 is 4.74 Å². The van der Waals surface area contributed by atoms with Crippen LogP contribution in [-0.4, -0.2) is 21.2 Å². The lowest BCUT2D eigenvalue weighted by Gasteiger charge is -2.11. The highest BCUT2D eigenvalue weighted by Crippen LogP contribution is 2.36. The molecule has 0 aliphatic carbocycles. The molecule has 0 aliphatic heterocycles. The largest absolute Gasteiger partial charge is 0.573 e. The molecule has 0 aliphatic rings. The lowest BCUT2D eigenvalue weighted by molar-refractivity contribution is -0.275. The second-order valence-corrected chi connectivity index (χ2v) is 4.59. The molecular formula is C14H15F3N2O2. The van der Waals surface area contributed by atoms with Gasteiger partial charge >= 0.3 is 6.36 Å². The molecule has 0 bridgehead atoms. The smallest absolute Gasteiger partial charge is 0.504 e. The molecule has 0 fully saturated rings. The first-order valence-corrected chi connectivity index (χ1v) is 6.36. The predicted octanol–water partition coefficient (Wildman–Crippen LogP) is 3.79. The maximum atomic E-state index is 12.2. The fraction of sp³-hybridized carbons (Fsp3) is 0.357. The molecule has 1 aromatic carbocycles. The third-order valence-corrected chi connectivity index (χ3v) is 3.15. The summed E-state index contributed by atoms with van der Waals surface area (Å²) >= 11 is 0. The molecule has 0 atom stereocenters. The Balaban J connectivity index is 2.43. The molecule has 4 nitrogen and oxygen atoms in total. The molecule has 114 valence electrons. The van der Waals surface area contributed by atoms with E-state index in [1.165, 1.54) is 12.1 Å². The van der Waals surface area contributed by atoms with Gasteiger partial charge in [0, 0.05) is 17.8 Å². The van der Waals surface area contributed by atoms with Crippen molar-refractivity contribution in [1.82, 2.24) is 9.78 Å². The highest BCUT2D eigenvalue weighted by molar-refractivity contribution is 5.71. The topological polar surface area (TPSA) is 47.3 Å². The zero-order valence-electron chi connectivity index (χ0n) is 11.8. The zero-order valence-corrected chi connectivity index (χ0v) is 11.8. The van der Waals surface area contributed by atoms with Crippen LogP contribution in [-0.2, 0) is 6.54 Å². The first kappa shape index (κ1) is 15.2. The van der Waals surface area contributed by atoms with Gasteiger partial charge < -0.3 is 9.84 Å². The molecule has 1 aromatic heterocycles. The van der Waals surface area contributed by atoms with Crippen molar-refractivity contribution in [2.75, 3.05) is 0 Å². The van der Waals surface area contributed by atoms with Crippen LogP contribution in [0.4, 0.5) is 13.2 Å². The first-order valence-electron chi connectivity index (χ1n) is 6.36. The van der Waals surface area contributed by atoms with Crippen LogP contribution in [0, 0.1) is 13.8 Å². The van der Waals surface area contributed by atoms with Crippen molar-refractivity contribution in [1.29, 1.82) is 0 Å². The molecule has 2 aromatic rings. The van der Waals surface area contributed by atoms with Crippen LogP contribution >= 0.6 is 0 Å². The number of benzene rings is 1. The summed E-state index contributed by atoms with van der Waals surface area (Å²) in [4.78, 5) is 0. The Hall–Kier alpha value is -2.18. The van der Waals surface area contributed by atoms with Crippen LogP contribution in [0.15, 0.2) is 18.2 Å². The van der Waals surface area contributed by atoms with Crippen molar-refractivity contribution in [3.63, 3.8) is 0 Å². The normalized spacial score (nSPS) is 11.7. The summed E-state index contributed by atoms with van der Waals surface area (Å²) in [5.41, 5.74) is 3.03. The monoisotopic (exact) mass is 300 g/mol. The number of hydrogen-bond acceptors (Lipinski definition) is 3. The summed E-state index contributed by atoms with van der Waals surface area (Å²) in [6, 6.07) is 3.82. The van der Waals surface area contributed by atoms with Crippen molar-refractivity contribution >= 4 is 0 Å². The molecule has 0 saturated heterocycles. The quantitative estimate of drug-likeness (QED) is 0.938. The van der Waals surface area contributed by atoms with E-state index in [1.807, 2.05) is 20.8 Å². The molecule has 0 radical (unpaired) electrons. The number of rotatable bonds is 3. The van der Waals surface area contributed by atoms with Gasteiger partial charge in [-0.3, -0.25) is 4.68 Å². The SMILES string of the molecule is CCn1nc(C)c(-c2ccc(OC(F)(F)F)c(O)c2)c1C. The van der Waals surface area contributed by atoms with Crippen LogP contribution in [0.5, 0.6) is 11.5 Å². The van der Waals surface area contributed by atoms with E-state index in [1.54, 1.807) is 4.68 Å². The van der Waals surface area contributed by atoms with Gasteiger partial charge in [-0.25, -0.2) is 0 Å². The first-order chi connectivity index (χ1) is 9.73. The van der Waals surface area contributed by atoms with Crippen molar-refractivity contribution in [2.24, 2.45) is 0 Å². The Morgan fingerprint density at radius 2 is 1.95 bits per heavy atom. The van der Waals surface area contributed by atoms with E-state index in [2.05, 4.69) is 9.84 Å². The van der Waals surface area contributed by atoms with Gasteiger partial charge in [0.25, 0.3) is 0 Å². The van der Waals surface area contributed by atoms with Crippen LogP contribution in [0.1, 0.15) is 18.3 Å². The zero-order chi connectivity index (χ0) is 15.8. The third kappa shape index (κ3) is 3.12. The summed E-state index contributed by atoms with van der Waals surface area (Å²) in [5, 5.41) is 14.0. The molecule has 1 heterocycles. The molecule has 7 heteroatoms. The average molecular weight is 300 g/mol. The summed E-state index contributed by atoms with van der Waals surface area (Å²) in [5.74, 6) is -1.18. The van der Waals surface area contributed by atoms with Crippen molar-refractivity contribution in [3.05, 3.63) is 29.6 Å². The van der Waals surface area contributed by atoms with Crippen LogP contribution in [0.25, 0.3) is 11.1 Å². The van der Waals surface area contributed by atoms with E-state index in [-0.39, 0.29) is 0 Å². The molecular weight excluding hydrogens is 285 g/mol. The van der Waals surface area contributed by atoms with Gasteiger partial charge in [0.15, 0.2) is 11.5 Å². The summed E-state index contributed by atoms with van der Waals surface area (Å²) in [7, 11) is 0. The lowest BCUT2D eigenvalue weighted by atomic mass is 10.0. The summed E-state index contributed by atoms with van der Waals surface area (Å²) in [6.45, 7) is 6.32. The minimum Gasteiger partial charge on any atom is -0.504 e. The summed E-state index contributed by atoms with van der Waals surface area (Å²) in [6.07, 6.45) is -4.84. The third-order valence-electron chi connectivity index (χ3n) is 3.15. The van der Waals surface area contributed by atoms with Crippen molar-refractivity contribution in [2.45, 2.75) is 33.7 Å². The standard InChI is InChI=1S/C14H15F3N2O2/c1-4-19-9(3)13(8(2)18-19)10-5-6-12(11(20)7-10)21-14(15,16)17/h5-7,20H,4H2,1-3H3. The van der Waals surface area contributed by atoms with Gasteiger partial charge in [-0.1, -0.05) is 6.07 Å². The number of nitrogens with zero attached hydrogens (tertiary/aromatic N) is 2. The van der Waals surface area contributed by atoms with E-state index in [0.717, 1.165) is 23.0 Å². The average Bonchev–Trinajstić information content (AvgIpc) is 2.65. The highest BCUT2D eigenvalue weighted by Gasteiger charge is 2.32.